The molecule has 6 heteroatoms. The number of aryl methyl sites for hydroxylation is 1. The second-order valence-corrected chi connectivity index (χ2v) is 4.01. The Morgan fingerprint density at radius 3 is 2.68 bits per heavy atom. The van der Waals surface area contributed by atoms with Crippen molar-refractivity contribution in [3.05, 3.63) is 42.5 Å². The third kappa shape index (κ3) is 2.24. The van der Waals surface area contributed by atoms with Crippen LogP contribution in [-0.2, 0) is 6.54 Å². The molecule has 0 atom stereocenters. The average molecular weight is 258 g/mol. The van der Waals surface area contributed by atoms with Gasteiger partial charge in [-0.3, -0.25) is 4.68 Å². The molecule has 5 nitrogen and oxygen atoms in total. The van der Waals surface area contributed by atoms with Gasteiger partial charge in [0.05, 0.1) is 11.8 Å². The number of rotatable bonds is 3. The number of nitrogens with zero attached hydrogens (tertiary/aromatic N) is 4. The SMILES string of the molecule is CCn1cc(-c2nc(-c3ccc(F)cc3)no2)cn1. The highest BCUT2D eigenvalue weighted by atomic mass is 19.1. The third-order valence-electron chi connectivity index (χ3n) is 2.73. The van der Waals surface area contributed by atoms with Crippen molar-refractivity contribution in [3.63, 3.8) is 0 Å². The topological polar surface area (TPSA) is 56.7 Å². The number of hydrogen-bond donors (Lipinski definition) is 0. The zero-order valence-corrected chi connectivity index (χ0v) is 10.2. The van der Waals surface area contributed by atoms with E-state index in [1.165, 1.54) is 12.1 Å². The van der Waals surface area contributed by atoms with Crippen molar-refractivity contribution in [2.24, 2.45) is 0 Å². The van der Waals surface area contributed by atoms with Crippen LogP contribution in [0.1, 0.15) is 6.92 Å². The first-order valence-electron chi connectivity index (χ1n) is 5.88. The summed E-state index contributed by atoms with van der Waals surface area (Å²) in [5.74, 6) is 0.537. The molecule has 3 aromatic rings. The highest BCUT2D eigenvalue weighted by Crippen LogP contribution is 2.21. The summed E-state index contributed by atoms with van der Waals surface area (Å²) in [7, 11) is 0. The van der Waals surface area contributed by atoms with Crippen LogP contribution in [0.5, 0.6) is 0 Å². The second-order valence-electron chi connectivity index (χ2n) is 4.01. The fourth-order valence-electron chi connectivity index (χ4n) is 1.70. The van der Waals surface area contributed by atoms with Gasteiger partial charge in [0.25, 0.3) is 5.89 Å². The quantitative estimate of drug-likeness (QED) is 0.724. The molecule has 96 valence electrons. The number of aromatic nitrogens is 4. The maximum Gasteiger partial charge on any atom is 0.261 e. The van der Waals surface area contributed by atoms with Crippen LogP contribution in [0.25, 0.3) is 22.8 Å². The molecule has 0 aliphatic heterocycles. The minimum atomic E-state index is -0.295. The van der Waals surface area contributed by atoms with Gasteiger partial charge in [-0.25, -0.2) is 4.39 Å². The molecular formula is C13H11FN4O. The van der Waals surface area contributed by atoms with E-state index in [-0.39, 0.29) is 5.82 Å². The second kappa shape index (κ2) is 4.64. The molecule has 0 unspecified atom stereocenters. The third-order valence-corrected chi connectivity index (χ3v) is 2.73. The normalized spacial score (nSPS) is 10.8. The predicted molar refractivity (Wildman–Crippen MR) is 66.6 cm³/mol. The molecular weight excluding hydrogens is 247 g/mol. The van der Waals surface area contributed by atoms with E-state index in [1.807, 2.05) is 13.1 Å². The summed E-state index contributed by atoms with van der Waals surface area (Å²) in [6.07, 6.45) is 3.51. The van der Waals surface area contributed by atoms with E-state index in [4.69, 9.17) is 4.52 Å². The van der Waals surface area contributed by atoms with Gasteiger partial charge in [-0.15, -0.1) is 0 Å². The maximum absolute atomic E-state index is 12.8. The summed E-state index contributed by atoms with van der Waals surface area (Å²) in [4.78, 5) is 4.27. The van der Waals surface area contributed by atoms with Crippen molar-refractivity contribution in [1.29, 1.82) is 0 Å². The number of benzene rings is 1. The molecule has 0 saturated carbocycles. The van der Waals surface area contributed by atoms with Crippen molar-refractivity contribution in [3.8, 4) is 22.8 Å². The van der Waals surface area contributed by atoms with E-state index in [0.717, 1.165) is 12.1 Å². The van der Waals surface area contributed by atoms with Gasteiger partial charge in [0, 0.05) is 18.3 Å². The van der Waals surface area contributed by atoms with E-state index in [2.05, 4.69) is 15.2 Å². The van der Waals surface area contributed by atoms with Gasteiger partial charge in [-0.2, -0.15) is 10.1 Å². The van der Waals surface area contributed by atoms with Crippen LogP contribution in [0.15, 0.2) is 41.2 Å². The van der Waals surface area contributed by atoms with Crippen molar-refractivity contribution in [2.45, 2.75) is 13.5 Å². The summed E-state index contributed by atoms with van der Waals surface area (Å²) < 4.78 is 19.8. The van der Waals surface area contributed by atoms with E-state index in [0.29, 0.717) is 17.3 Å². The number of hydrogen-bond acceptors (Lipinski definition) is 4. The smallest absolute Gasteiger partial charge is 0.261 e. The molecule has 19 heavy (non-hydrogen) atoms. The molecule has 1 aromatic carbocycles. The van der Waals surface area contributed by atoms with Gasteiger partial charge < -0.3 is 4.52 Å². The maximum atomic E-state index is 12.8. The lowest BCUT2D eigenvalue weighted by Crippen LogP contribution is -1.91. The summed E-state index contributed by atoms with van der Waals surface area (Å²) in [6.45, 7) is 2.77. The van der Waals surface area contributed by atoms with E-state index >= 15 is 0 Å². The first-order chi connectivity index (χ1) is 9.26. The van der Waals surface area contributed by atoms with Gasteiger partial charge in [0.15, 0.2) is 0 Å². The van der Waals surface area contributed by atoms with Gasteiger partial charge in [0.2, 0.25) is 5.82 Å². The Bertz CT molecular complexity index is 687. The van der Waals surface area contributed by atoms with Crippen LogP contribution in [0.4, 0.5) is 4.39 Å². The molecule has 0 aliphatic rings. The average Bonchev–Trinajstić information content (AvgIpc) is 3.08. The van der Waals surface area contributed by atoms with Crippen LogP contribution in [0.3, 0.4) is 0 Å². The molecule has 0 amide bonds. The van der Waals surface area contributed by atoms with E-state index in [9.17, 15) is 4.39 Å². The first-order valence-corrected chi connectivity index (χ1v) is 5.88. The van der Waals surface area contributed by atoms with Crippen LogP contribution in [0, 0.1) is 5.82 Å². The molecule has 3 rings (SSSR count). The van der Waals surface area contributed by atoms with Gasteiger partial charge in [-0.05, 0) is 31.2 Å². The standard InChI is InChI=1S/C13H11FN4O/c1-2-18-8-10(7-15-18)13-16-12(17-19-13)9-3-5-11(14)6-4-9/h3-8H,2H2,1H3. The lowest BCUT2D eigenvalue weighted by molar-refractivity contribution is 0.432. The molecule has 0 fully saturated rings. The lowest BCUT2D eigenvalue weighted by atomic mass is 10.2. The first kappa shape index (κ1) is 11.6. The molecule has 0 aliphatic carbocycles. The predicted octanol–water partition coefficient (Wildman–Crippen LogP) is 2.76. The fourth-order valence-corrected chi connectivity index (χ4v) is 1.70. The monoisotopic (exact) mass is 258 g/mol. The van der Waals surface area contributed by atoms with E-state index in [1.54, 1.807) is 23.0 Å². The van der Waals surface area contributed by atoms with Crippen LogP contribution >= 0.6 is 0 Å². The Labute approximate surface area is 108 Å². The summed E-state index contributed by atoms with van der Waals surface area (Å²) in [5, 5.41) is 8.03. The Kier molecular flexibility index (Phi) is 2.83. The highest BCUT2D eigenvalue weighted by molar-refractivity contribution is 5.58. The molecule has 2 heterocycles. The van der Waals surface area contributed by atoms with E-state index < -0.39 is 0 Å². The Morgan fingerprint density at radius 2 is 2.00 bits per heavy atom. The Balaban J connectivity index is 1.92. The Hall–Kier alpha value is -2.50. The molecule has 0 N–H and O–H groups in total. The van der Waals surface area contributed by atoms with Crippen LogP contribution in [0.2, 0.25) is 0 Å². The van der Waals surface area contributed by atoms with Crippen LogP contribution in [-0.4, -0.2) is 19.9 Å². The molecule has 0 radical (unpaired) electrons. The summed E-state index contributed by atoms with van der Waals surface area (Å²) >= 11 is 0. The summed E-state index contributed by atoms with van der Waals surface area (Å²) in [6, 6.07) is 5.94. The summed E-state index contributed by atoms with van der Waals surface area (Å²) in [5.41, 5.74) is 1.47. The Morgan fingerprint density at radius 1 is 1.21 bits per heavy atom. The van der Waals surface area contributed by atoms with Crippen molar-refractivity contribution in [2.75, 3.05) is 0 Å². The minimum absolute atomic E-state index is 0.295. The molecule has 0 bridgehead atoms. The van der Waals surface area contributed by atoms with Crippen molar-refractivity contribution >= 4 is 0 Å². The van der Waals surface area contributed by atoms with Gasteiger partial charge in [0.1, 0.15) is 5.82 Å². The van der Waals surface area contributed by atoms with Crippen molar-refractivity contribution in [1.82, 2.24) is 19.9 Å². The van der Waals surface area contributed by atoms with Gasteiger partial charge in [-0.1, -0.05) is 5.16 Å². The number of halogens is 1. The zero-order chi connectivity index (χ0) is 13.2. The van der Waals surface area contributed by atoms with Gasteiger partial charge >= 0.3 is 0 Å². The van der Waals surface area contributed by atoms with Crippen molar-refractivity contribution < 1.29 is 8.91 Å². The fraction of sp³-hybridized carbons (Fsp3) is 0.154. The highest BCUT2D eigenvalue weighted by Gasteiger charge is 2.12. The molecule has 0 saturated heterocycles. The van der Waals surface area contributed by atoms with Crippen LogP contribution < -0.4 is 0 Å². The largest absolute Gasteiger partial charge is 0.333 e. The lowest BCUT2D eigenvalue weighted by Gasteiger charge is -1.92. The zero-order valence-electron chi connectivity index (χ0n) is 10.2. The minimum Gasteiger partial charge on any atom is -0.333 e. The molecule has 2 aromatic heterocycles. The molecule has 0 spiro atoms.